The zero-order chi connectivity index (χ0) is 14.0. The predicted octanol–water partition coefficient (Wildman–Crippen LogP) is 2.83. The van der Waals surface area contributed by atoms with Crippen LogP contribution in [0.2, 0.25) is 0 Å². The van der Waals surface area contributed by atoms with Crippen LogP contribution in [0.25, 0.3) is 0 Å². The van der Waals surface area contributed by atoms with Crippen molar-refractivity contribution >= 4 is 21.6 Å². The fraction of sp³-hybridized carbons (Fsp3) is 0.600. The van der Waals surface area contributed by atoms with Crippen molar-refractivity contribution in [3.05, 3.63) is 28.2 Å². The smallest absolute Gasteiger partial charge is 0.0421 e. The van der Waals surface area contributed by atoms with Gasteiger partial charge >= 0.3 is 0 Å². The van der Waals surface area contributed by atoms with E-state index in [2.05, 4.69) is 65.1 Å². The van der Waals surface area contributed by atoms with E-state index in [4.69, 9.17) is 5.73 Å². The van der Waals surface area contributed by atoms with E-state index in [0.29, 0.717) is 12.1 Å². The van der Waals surface area contributed by atoms with Gasteiger partial charge in [0.25, 0.3) is 0 Å². The molecule has 0 heterocycles. The van der Waals surface area contributed by atoms with Crippen LogP contribution in [0.4, 0.5) is 5.69 Å². The highest BCUT2D eigenvalue weighted by Crippen LogP contribution is 2.38. The number of likely N-dealkylation sites (N-methyl/N-ethyl adjacent to an activating group) is 2. The van der Waals surface area contributed by atoms with Gasteiger partial charge in [0.2, 0.25) is 0 Å². The van der Waals surface area contributed by atoms with E-state index in [9.17, 15) is 0 Å². The maximum absolute atomic E-state index is 5.89. The van der Waals surface area contributed by atoms with Crippen LogP contribution >= 0.6 is 15.9 Å². The molecule has 0 aliphatic heterocycles. The molecule has 0 atom stereocenters. The minimum absolute atomic E-state index is 0.336. The van der Waals surface area contributed by atoms with Gasteiger partial charge in [-0.2, -0.15) is 0 Å². The van der Waals surface area contributed by atoms with E-state index in [-0.39, 0.29) is 0 Å². The molecule has 106 valence electrons. The Hall–Kier alpha value is -0.580. The van der Waals surface area contributed by atoms with Crippen LogP contribution in [0.1, 0.15) is 24.8 Å². The first-order valence-electron chi connectivity index (χ1n) is 6.86. The van der Waals surface area contributed by atoms with Crippen molar-refractivity contribution in [2.24, 2.45) is 5.73 Å². The van der Waals surface area contributed by atoms with Crippen molar-refractivity contribution in [2.75, 3.05) is 32.6 Å². The van der Waals surface area contributed by atoms with E-state index >= 15 is 0 Å². The lowest BCUT2D eigenvalue weighted by Crippen LogP contribution is -2.56. The molecular weight excluding hydrogens is 302 g/mol. The molecule has 19 heavy (non-hydrogen) atoms. The van der Waals surface area contributed by atoms with E-state index < -0.39 is 0 Å². The summed E-state index contributed by atoms with van der Waals surface area (Å²) in [5.74, 6) is 0. The molecule has 0 radical (unpaired) electrons. The lowest BCUT2D eigenvalue weighted by Gasteiger charge is -2.49. The molecule has 2 N–H and O–H groups in total. The molecule has 1 aliphatic rings. The van der Waals surface area contributed by atoms with Crippen molar-refractivity contribution in [2.45, 2.75) is 31.3 Å². The van der Waals surface area contributed by atoms with Gasteiger partial charge in [0.15, 0.2) is 0 Å². The summed E-state index contributed by atoms with van der Waals surface area (Å²) in [6, 6.07) is 6.30. The number of hydrogen-bond acceptors (Lipinski definition) is 3. The molecule has 0 spiro atoms. The van der Waals surface area contributed by atoms with Crippen LogP contribution in [-0.2, 0) is 6.54 Å². The van der Waals surface area contributed by atoms with Crippen LogP contribution in [0.3, 0.4) is 0 Å². The van der Waals surface area contributed by atoms with Crippen molar-refractivity contribution in [3.63, 3.8) is 0 Å². The number of rotatable bonds is 5. The largest absolute Gasteiger partial charge is 0.372 e. The minimum Gasteiger partial charge on any atom is -0.372 e. The molecule has 1 aliphatic carbocycles. The molecule has 1 aromatic rings. The van der Waals surface area contributed by atoms with Crippen LogP contribution in [0.15, 0.2) is 22.7 Å². The molecule has 0 aromatic heterocycles. The Kier molecular flexibility index (Phi) is 4.54. The summed E-state index contributed by atoms with van der Waals surface area (Å²) in [7, 11) is 6.56. The summed E-state index contributed by atoms with van der Waals surface area (Å²) in [5.41, 5.74) is 8.66. The van der Waals surface area contributed by atoms with Crippen LogP contribution in [-0.4, -0.2) is 38.1 Å². The highest BCUT2D eigenvalue weighted by Gasteiger charge is 2.40. The summed E-state index contributed by atoms with van der Waals surface area (Å²) < 4.78 is 1.10. The first-order valence-corrected chi connectivity index (χ1v) is 7.65. The Morgan fingerprint density at radius 1 is 1.26 bits per heavy atom. The van der Waals surface area contributed by atoms with Crippen molar-refractivity contribution in [1.29, 1.82) is 0 Å². The lowest BCUT2D eigenvalue weighted by atomic mass is 9.75. The number of anilines is 1. The summed E-state index contributed by atoms with van der Waals surface area (Å²) >= 11 is 3.60. The molecular formula is C15H24BrN3. The molecule has 1 saturated carbocycles. The van der Waals surface area contributed by atoms with Gasteiger partial charge in [-0.1, -0.05) is 22.0 Å². The Bertz CT molecular complexity index is 441. The summed E-state index contributed by atoms with van der Waals surface area (Å²) in [6.45, 7) is 1.62. The molecule has 3 nitrogen and oxygen atoms in total. The molecule has 1 fully saturated rings. The zero-order valence-electron chi connectivity index (χ0n) is 12.1. The highest BCUT2D eigenvalue weighted by molar-refractivity contribution is 9.10. The van der Waals surface area contributed by atoms with Crippen molar-refractivity contribution in [3.8, 4) is 0 Å². The number of nitrogens with two attached hydrogens (primary N) is 1. The zero-order valence-corrected chi connectivity index (χ0v) is 13.7. The van der Waals surface area contributed by atoms with Gasteiger partial charge in [-0.25, -0.2) is 0 Å². The van der Waals surface area contributed by atoms with E-state index in [1.807, 2.05) is 0 Å². The third-order valence-corrected chi connectivity index (χ3v) is 5.22. The van der Waals surface area contributed by atoms with Gasteiger partial charge in [0, 0.05) is 41.4 Å². The van der Waals surface area contributed by atoms with E-state index in [1.54, 1.807) is 0 Å². The standard InChI is InChI=1S/C15H24BrN3/c1-18(2)15(8-5-9-15)11-19(3)14-7-4-6-13(16)12(14)10-17/h4,6-7H,5,8-11,17H2,1-3H3. The monoisotopic (exact) mass is 325 g/mol. The SMILES string of the molecule is CN(CC1(N(C)C)CCC1)c1cccc(Br)c1CN. The second-order valence-electron chi connectivity index (χ2n) is 5.77. The maximum Gasteiger partial charge on any atom is 0.0421 e. The van der Waals surface area contributed by atoms with Crippen LogP contribution in [0, 0.1) is 0 Å². The number of nitrogens with zero attached hydrogens (tertiary/aromatic N) is 2. The van der Waals surface area contributed by atoms with Crippen LogP contribution in [0.5, 0.6) is 0 Å². The Morgan fingerprint density at radius 2 is 1.95 bits per heavy atom. The number of halogens is 1. The van der Waals surface area contributed by atoms with Crippen molar-refractivity contribution < 1.29 is 0 Å². The van der Waals surface area contributed by atoms with Gasteiger partial charge in [0.1, 0.15) is 0 Å². The topological polar surface area (TPSA) is 32.5 Å². The van der Waals surface area contributed by atoms with E-state index in [1.165, 1.54) is 30.5 Å². The minimum atomic E-state index is 0.336. The first-order chi connectivity index (χ1) is 9.00. The van der Waals surface area contributed by atoms with Gasteiger partial charge in [-0.3, -0.25) is 0 Å². The molecule has 0 amide bonds. The second-order valence-corrected chi connectivity index (χ2v) is 6.62. The average Bonchev–Trinajstić information content (AvgIpc) is 2.32. The van der Waals surface area contributed by atoms with Crippen LogP contribution < -0.4 is 10.6 Å². The Labute approximate surface area is 124 Å². The van der Waals surface area contributed by atoms with E-state index in [0.717, 1.165) is 11.0 Å². The van der Waals surface area contributed by atoms with Gasteiger partial charge < -0.3 is 15.5 Å². The normalized spacial score (nSPS) is 17.4. The predicted molar refractivity (Wildman–Crippen MR) is 85.6 cm³/mol. The molecule has 0 unspecified atom stereocenters. The summed E-state index contributed by atoms with van der Waals surface area (Å²) in [4.78, 5) is 4.74. The number of hydrogen-bond donors (Lipinski definition) is 1. The maximum atomic E-state index is 5.89. The Balaban J connectivity index is 2.20. The van der Waals surface area contributed by atoms with Gasteiger partial charge in [-0.15, -0.1) is 0 Å². The average molecular weight is 326 g/mol. The fourth-order valence-corrected chi connectivity index (χ4v) is 3.48. The second kappa shape index (κ2) is 5.81. The third-order valence-electron chi connectivity index (χ3n) is 4.47. The quantitative estimate of drug-likeness (QED) is 0.903. The third kappa shape index (κ3) is 2.81. The highest BCUT2D eigenvalue weighted by atomic mass is 79.9. The molecule has 2 rings (SSSR count). The first kappa shape index (κ1) is 14.8. The summed E-state index contributed by atoms with van der Waals surface area (Å²) in [5, 5.41) is 0. The molecule has 1 aromatic carbocycles. The van der Waals surface area contributed by atoms with Gasteiger partial charge in [-0.05, 0) is 45.5 Å². The number of benzene rings is 1. The molecule has 4 heteroatoms. The summed E-state index contributed by atoms with van der Waals surface area (Å²) in [6.07, 6.45) is 3.92. The Morgan fingerprint density at radius 3 is 2.42 bits per heavy atom. The molecule has 0 saturated heterocycles. The fourth-order valence-electron chi connectivity index (χ4n) is 2.97. The lowest BCUT2D eigenvalue weighted by molar-refractivity contribution is 0.0683. The van der Waals surface area contributed by atoms with Gasteiger partial charge in [0.05, 0.1) is 0 Å². The molecule has 0 bridgehead atoms. The van der Waals surface area contributed by atoms with Crippen molar-refractivity contribution in [1.82, 2.24) is 4.90 Å².